The summed E-state index contributed by atoms with van der Waals surface area (Å²) in [7, 11) is 0. The number of aliphatic hydroxyl groups excluding tert-OH is 4. The number of nitrogens with zero attached hydrogens (tertiary/aromatic N) is 2. The van der Waals surface area contributed by atoms with Crippen LogP contribution in [0.2, 0.25) is 0 Å². The molecule has 6 N–H and O–H groups in total. The highest BCUT2D eigenvalue weighted by molar-refractivity contribution is 5.94. The van der Waals surface area contributed by atoms with Crippen LogP contribution < -0.4 is 5.32 Å². The molecular formula is C29H36FN3O7. The summed E-state index contributed by atoms with van der Waals surface area (Å²) in [6.07, 6.45) is -3.95. The number of hydrogen-bond donors (Lipinski definition) is 6. The molecule has 11 heteroatoms. The van der Waals surface area contributed by atoms with Gasteiger partial charge in [0.1, 0.15) is 23.4 Å². The van der Waals surface area contributed by atoms with Crippen molar-refractivity contribution in [1.29, 1.82) is 0 Å². The summed E-state index contributed by atoms with van der Waals surface area (Å²) in [5.74, 6) is -2.14. The number of rotatable bonds is 14. The van der Waals surface area contributed by atoms with Gasteiger partial charge in [0.15, 0.2) is 0 Å². The van der Waals surface area contributed by atoms with Crippen LogP contribution in [0.3, 0.4) is 0 Å². The minimum atomic E-state index is -1.22. The summed E-state index contributed by atoms with van der Waals surface area (Å²) in [6.45, 7) is 3.34. The van der Waals surface area contributed by atoms with Gasteiger partial charge in [-0.25, -0.2) is 9.37 Å². The van der Waals surface area contributed by atoms with E-state index >= 15 is 0 Å². The molecule has 0 spiro atoms. The van der Waals surface area contributed by atoms with Crippen molar-refractivity contribution in [1.82, 2.24) is 14.9 Å². The number of nitrogens with one attached hydrogen (secondary N) is 1. The Morgan fingerprint density at radius 2 is 1.65 bits per heavy atom. The quantitative estimate of drug-likeness (QED) is 0.176. The molecule has 2 aromatic carbocycles. The fourth-order valence-electron chi connectivity index (χ4n) is 4.60. The van der Waals surface area contributed by atoms with Crippen LogP contribution >= 0.6 is 0 Å². The monoisotopic (exact) mass is 557 g/mol. The zero-order valence-corrected chi connectivity index (χ0v) is 22.4. The number of hydrogen-bond acceptors (Lipinski definition) is 7. The molecule has 0 saturated carbocycles. The van der Waals surface area contributed by atoms with Crippen LogP contribution in [0.25, 0.3) is 11.4 Å². The first-order chi connectivity index (χ1) is 19.0. The summed E-state index contributed by atoms with van der Waals surface area (Å²) in [5, 5.41) is 52.7. The molecule has 0 unspecified atom stereocenters. The van der Waals surface area contributed by atoms with Crippen LogP contribution in [-0.4, -0.2) is 71.8 Å². The van der Waals surface area contributed by atoms with Gasteiger partial charge in [-0.2, -0.15) is 0 Å². The zero-order valence-electron chi connectivity index (χ0n) is 22.4. The fraction of sp³-hybridized carbons (Fsp3) is 0.414. The van der Waals surface area contributed by atoms with Gasteiger partial charge in [-0.05, 0) is 48.6 Å². The van der Waals surface area contributed by atoms with Gasteiger partial charge >= 0.3 is 5.97 Å². The van der Waals surface area contributed by atoms with E-state index in [0.29, 0.717) is 22.6 Å². The molecule has 0 saturated heterocycles. The van der Waals surface area contributed by atoms with Gasteiger partial charge in [-0.15, -0.1) is 0 Å². The number of benzene rings is 2. The van der Waals surface area contributed by atoms with Crippen LogP contribution in [0, 0.1) is 5.82 Å². The lowest BCUT2D eigenvalue weighted by molar-refractivity contribution is -0.139. The van der Waals surface area contributed by atoms with Crippen molar-refractivity contribution in [2.24, 2.45) is 0 Å². The van der Waals surface area contributed by atoms with E-state index in [2.05, 4.69) is 10.3 Å². The minimum absolute atomic E-state index is 0.0495. The van der Waals surface area contributed by atoms with E-state index in [1.54, 1.807) is 34.9 Å². The van der Waals surface area contributed by atoms with Crippen molar-refractivity contribution in [3.8, 4) is 11.4 Å². The largest absolute Gasteiger partial charge is 0.481 e. The maximum atomic E-state index is 13.7. The van der Waals surface area contributed by atoms with Gasteiger partial charge in [0.2, 0.25) is 0 Å². The molecule has 1 heterocycles. The van der Waals surface area contributed by atoms with Gasteiger partial charge in [0.05, 0.1) is 37.0 Å². The van der Waals surface area contributed by atoms with Crippen molar-refractivity contribution in [2.75, 3.05) is 6.61 Å². The number of carbonyl (C=O) groups is 2. The van der Waals surface area contributed by atoms with Crippen LogP contribution in [0.15, 0.2) is 54.6 Å². The molecule has 0 aliphatic carbocycles. The molecule has 1 amide bonds. The molecule has 0 bridgehead atoms. The van der Waals surface area contributed by atoms with E-state index < -0.39 is 55.1 Å². The second kappa shape index (κ2) is 14.1. The molecule has 0 fully saturated rings. The number of aromatic nitrogens is 2. The summed E-state index contributed by atoms with van der Waals surface area (Å²) in [4.78, 5) is 28.9. The molecule has 216 valence electrons. The number of aliphatic carboxylic acids is 1. The minimum Gasteiger partial charge on any atom is -0.481 e. The van der Waals surface area contributed by atoms with Crippen molar-refractivity contribution in [3.05, 3.63) is 77.4 Å². The molecule has 3 rings (SSSR count). The first-order valence-corrected chi connectivity index (χ1v) is 13.1. The summed E-state index contributed by atoms with van der Waals surface area (Å²) in [5.41, 5.74) is 1.60. The Bertz CT molecular complexity index is 1260. The Morgan fingerprint density at radius 1 is 1.00 bits per heavy atom. The molecule has 3 aromatic rings. The van der Waals surface area contributed by atoms with Gasteiger partial charge in [0, 0.05) is 12.1 Å². The average molecular weight is 558 g/mol. The number of amides is 1. The normalized spacial score (nSPS) is 14.5. The third-order valence-electron chi connectivity index (χ3n) is 6.55. The highest BCUT2D eigenvalue weighted by Crippen LogP contribution is 2.29. The SMILES string of the molecule is CC(C)c1c(C(=O)N[C@H](CO)[C@H](O)c2ccccc2)nc(-c2ccc(F)cc2)n1CC[C@@H](O)C[C@@H](O)CC(=O)O. The molecule has 0 aliphatic heterocycles. The van der Waals surface area contributed by atoms with Gasteiger partial charge < -0.3 is 35.4 Å². The number of carbonyl (C=O) groups excluding carboxylic acids is 1. The number of aliphatic hydroxyl groups is 4. The van der Waals surface area contributed by atoms with Crippen LogP contribution in [-0.2, 0) is 11.3 Å². The van der Waals surface area contributed by atoms with Crippen molar-refractivity contribution in [2.45, 2.75) is 69.9 Å². The lowest BCUT2D eigenvalue weighted by Gasteiger charge is -2.23. The standard InChI is InChI=1S/C29H36FN3O7/c1-17(2)26-25(29(40)31-23(16-34)27(39)18-6-4-3-5-7-18)32-28(19-8-10-20(30)11-9-19)33(26)13-12-21(35)14-22(36)15-24(37)38/h3-11,17,21-23,27,34-36,39H,12-16H2,1-2H3,(H,31,40)(H,37,38)/t21-,22-,23-,27-/m1/s1. The van der Waals surface area contributed by atoms with Gasteiger partial charge in [-0.1, -0.05) is 44.2 Å². The second-order valence-electron chi connectivity index (χ2n) is 10.0. The first-order valence-electron chi connectivity index (χ1n) is 13.1. The Kier molecular flexibility index (Phi) is 10.9. The summed E-state index contributed by atoms with van der Waals surface area (Å²) < 4.78 is 15.4. The second-order valence-corrected chi connectivity index (χ2v) is 10.0. The molecule has 0 aliphatic rings. The first kappa shape index (κ1) is 30.9. The predicted molar refractivity (Wildman–Crippen MR) is 145 cm³/mol. The van der Waals surface area contributed by atoms with Gasteiger partial charge in [0.25, 0.3) is 5.91 Å². The number of halogens is 1. The maximum absolute atomic E-state index is 13.7. The Labute approximate surface area is 231 Å². The maximum Gasteiger partial charge on any atom is 0.305 e. The third-order valence-corrected chi connectivity index (χ3v) is 6.55. The van der Waals surface area contributed by atoms with E-state index in [1.165, 1.54) is 24.3 Å². The van der Waals surface area contributed by atoms with E-state index in [1.807, 2.05) is 13.8 Å². The number of carboxylic acids is 1. The molecular weight excluding hydrogens is 521 g/mol. The molecule has 40 heavy (non-hydrogen) atoms. The van der Waals surface area contributed by atoms with Crippen molar-refractivity contribution >= 4 is 11.9 Å². The Hall–Kier alpha value is -3.64. The van der Waals surface area contributed by atoms with E-state index in [9.17, 15) is 34.4 Å². The summed E-state index contributed by atoms with van der Waals surface area (Å²) >= 11 is 0. The average Bonchev–Trinajstić information content (AvgIpc) is 3.30. The highest BCUT2D eigenvalue weighted by Gasteiger charge is 2.29. The van der Waals surface area contributed by atoms with E-state index in [4.69, 9.17) is 5.11 Å². The number of carboxylic acid groups (broad SMARTS) is 1. The fourth-order valence-corrected chi connectivity index (χ4v) is 4.60. The lowest BCUT2D eigenvalue weighted by atomic mass is 10.0. The van der Waals surface area contributed by atoms with E-state index in [-0.39, 0.29) is 31.0 Å². The zero-order chi connectivity index (χ0) is 29.4. The van der Waals surface area contributed by atoms with Crippen molar-refractivity contribution < 1.29 is 39.5 Å². The van der Waals surface area contributed by atoms with Crippen LogP contribution in [0.4, 0.5) is 4.39 Å². The molecule has 10 nitrogen and oxygen atoms in total. The van der Waals surface area contributed by atoms with Crippen LogP contribution in [0.1, 0.15) is 66.9 Å². The highest BCUT2D eigenvalue weighted by atomic mass is 19.1. The predicted octanol–water partition coefficient (Wildman–Crippen LogP) is 2.61. The summed E-state index contributed by atoms with van der Waals surface area (Å²) in [6, 6.07) is 13.1. The van der Waals surface area contributed by atoms with Gasteiger partial charge in [-0.3, -0.25) is 9.59 Å². The lowest BCUT2D eigenvalue weighted by Crippen LogP contribution is -2.42. The molecule has 0 radical (unpaired) electrons. The topological polar surface area (TPSA) is 165 Å². The van der Waals surface area contributed by atoms with Crippen LogP contribution in [0.5, 0.6) is 0 Å². The third kappa shape index (κ3) is 7.95. The van der Waals surface area contributed by atoms with E-state index in [0.717, 1.165) is 0 Å². The van der Waals surface area contributed by atoms with Crippen molar-refractivity contribution in [3.63, 3.8) is 0 Å². The Balaban J connectivity index is 1.95. The molecule has 4 atom stereocenters. The Morgan fingerprint density at radius 3 is 2.23 bits per heavy atom. The smallest absolute Gasteiger partial charge is 0.305 e. The molecule has 1 aromatic heterocycles. The number of imidazole rings is 1.